The molecule has 6 rings (SSSR count). The lowest BCUT2D eigenvalue weighted by atomic mass is 9.98. The van der Waals surface area contributed by atoms with Crippen molar-refractivity contribution in [1.29, 1.82) is 0 Å². The fourth-order valence-corrected chi connectivity index (χ4v) is 8.80. The van der Waals surface area contributed by atoms with Crippen molar-refractivity contribution in [2.45, 2.75) is 44.8 Å². The fraction of sp³-hybridized carbons (Fsp3) is 0.346. The van der Waals surface area contributed by atoms with Crippen molar-refractivity contribution in [1.82, 2.24) is 25.0 Å². The van der Waals surface area contributed by atoms with E-state index in [4.69, 9.17) is 9.47 Å². The van der Waals surface area contributed by atoms with Gasteiger partial charge in [0.2, 0.25) is 18.2 Å². The van der Waals surface area contributed by atoms with Gasteiger partial charge >= 0.3 is 0 Å². The summed E-state index contributed by atoms with van der Waals surface area (Å²) in [6.07, 6.45) is 4.10. The first-order valence-corrected chi connectivity index (χ1v) is 24.0. The third-order valence-corrected chi connectivity index (χ3v) is 12.8. The van der Waals surface area contributed by atoms with Gasteiger partial charge in [-0.25, -0.2) is 4.98 Å². The topological polar surface area (TPSA) is 200 Å². The number of likely N-dealkylation sites (N-methyl/N-ethyl adjacent to an activating group) is 2. The average molecular weight is 973 g/mol. The summed E-state index contributed by atoms with van der Waals surface area (Å²) in [5.41, 5.74) is 6.44. The zero-order chi connectivity index (χ0) is 49.8. The van der Waals surface area contributed by atoms with Crippen molar-refractivity contribution in [3.8, 4) is 11.1 Å². The molecule has 0 radical (unpaired) electrons. The third kappa shape index (κ3) is 13.9. The summed E-state index contributed by atoms with van der Waals surface area (Å²) >= 11 is 1.31. The first-order chi connectivity index (χ1) is 34.1. The van der Waals surface area contributed by atoms with E-state index in [9.17, 15) is 33.6 Å². The number of aromatic nitrogens is 1. The third-order valence-electron chi connectivity index (χ3n) is 12.1. The van der Waals surface area contributed by atoms with Gasteiger partial charge in [0.05, 0.1) is 38.4 Å². The maximum Gasteiger partial charge on any atom is 0.257 e. The van der Waals surface area contributed by atoms with Crippen LogP contribution in [0.3, 0.4) is 0 Å². The second kappa shape index (κ2) is 26.5. The van der Waals surface area contributed by atoms with Crippen LogP contribution in [-0.2, 0) is 40.0 Å². The van der Waals surface area contributed by atoms with E-state index in [1.165, 1.54) is 41.3 Å². The lowest BCUT2D eigenvalue weighted by molar-refractivity contribution is -0.132. The fourth-order valence-electron chi connectivity index (χ4n) is 8.27. The van der Waals surface area contributed by atoms with Gasteiger partial charge in [0.1, 0.15) is 18.4 Å². The molecular weight excluding hydrogens is 913 g/mol. The van der Waals surface area contributed by atoms with E-state index in [1.54, 1.807) is 23.7 Å². The van der Waals surface area contributed by atoms with Gasteiger partial charge in [-0.2, -0.15) is 0 Å². The summed E-state index contributed by atoms with van der Waals surface area (Å²) in [4.78, 5) is 99.1. The molecule has 1 aromatic heterocycles. The predicted molar refractivity (Wildman–Crippen MR) is 269 cm³/mol. The van der Waals surface area contributed by atoms with Gasteiger partial charge in [0, 0.05) is 88.3 Å². The number of hydrogen-bond acceptors (Lipinski definition) is 13. The molecule has 1 aliphatic heterocycles. The van der Waals surface area contributed by atoms with E-state index in [1.807, 2.05) is 54.3 Å². The van der Waals surface area contributed by atoms with Crippen LogP contribution in [-0.4, -0.2) is 142 Å². The Balaban J connectivity index is 0.901. The number of thiazole rings is 1. The molecule has 17 nitrogen and oxygen atoms in total. The van der Waals surface area contributed by atoms with Crippen LogP contribution in [0.25, 0.3) is 11.1 Å². The molecule has 2 unspecified atom stereocenters. The SMILES string of the molecule is CNC(=O)C(CCC=O)N(C)C(=O)c1c(C=O)cccc1NCCOCCOCCC(=O)N1CCN(c2ccc(-c3ccc(CN(C=O)C(C(=O)Nc4nccs4)c4ccccc4)c(C)c3)cc2)CC1. The first-order valence-electron chi connectivity index (χ1n) is 23.2. The number of nitrogens with zero attached hydrogens (tertiary/aromatic N) is 5. The Bertz CT molecular complexity index is 2540. The summed E-state index contributed by atoms with van der Waals surface area (Å²) in [5, 5.41) is 10.8. The Labute approximate surface area is 412 Å². The largest absolute Gasteiger partial charge is 0.382 e. The van der Waals surface area contributed by atoms with E-state index in [-0.39, 0.29) is 68.6 Å². The number of amides is 5. The number of piperazine rings is 1. The number of carbonyl (C=O) groups is 7. The van der Waals surface area contributed by atoms with Crippen LogP contribution in [0.1, 0.15) is 62.7 Å². The molecule has 5 aromatic rings. The maximum atomic E-state index is 13.6. The van der Waals surface area contributed by atoms with E-state index >= 15 is 0 Å². The number of ether oxygens (including phenoxy) is 2. The summed E-state index contributed by atoms with van der Waals surface area (Å²) in [5.74, 6) is -1.26. The van der Waals surface area contributed by atoms with E-state index < -0.39 is 23.9 Å². The molecule has 1 fully saturated rings. The highest BCUT2D eigenvalue weighted by atomic mass is 32.1. The van der Waals surface area contributed by atoms with Crippen molar-refractivity contribution in [3.05, 3.63) is 130 Å². The van der Waals surface area contributed by atoms with Crippen LogP contribution in [0.15, 0.2) is 103 Å². The van der Waals surface area contributed by atoms with Gasteiger partial charge < -0.3 is 44.5 Å². The Morgan fingerprint density at radius 2 is 1.57 bits per heavy atom. The molecule has 1 saturated heterocycles. The molecule has 0 aliphatic carbocycles. The minimum Gasteiger partial charge on any atom is -0.382 e. The lowest BCUT2D eigenvalue weighted by Crippen LogP contribution is -2.49. The smallest absolute Gasteiger partial charge is 0.257 e. The molecule has 2 heterocycles. The average Bonchev–Trinajstić information content (AvgIpc) is 3.91. The molecule has 5 amide bonds. The summed E-state index contributed by atoms with van der Waals surface area (Å²) in [6, 6.07) is 26.8. The van der Waals surface area contributed by atoms with Gasteiger partial charge in [-0.05, 0) is 59.4 Å². The number of aryl methyl sites for hydroxylation is 1. The number of carbonyl (C=O) groups excluding carboxylic acids is 7. The molecule has 0 bridgehead atoms. The van der Waals surface area contributed by atoms with Crippen molar-refractivity contribution < 1.29 is 43.0 Å². The number of benzene rings is 4. The van der Waals surface area contributed by atoms with E-state index in [0.717, 1.165) is 34.4 Å². The Hall–Kier alpha value is -7.28. The quantitative estimate of drug-likeness (QED) is 0.0458. The Kier molecular flexibility index (Phi) is 19.7. The summed E-state index contributed by atoms with van der Waals surface area (Å²) in [6.45, 7) is 6.27. The monoisotopic (exact) mass is 972 g/mol. The number of rotatable bonds is 26. The molecule has 1 aliphatic rings. The van der Waals surface area contributed by atoms with Crippen LogP contribution >= 0.6 is 11.3 Å². The number of nitrogens with one attached hydrogen (secondary N) is 3. The normalized spacial score (nSPS) is 13.1. The second-order valence-electron chi connectivity index (χ2n) is 16.6. The molecule has 18 heteroatoms. The highest BCUT2D eigenvalue weighted by molar-refractivity contribution is 7.13. The molecule has 70 heavy (non-hydrogen) atoms. The minimum absolute atomic E-state index is 0.0312. The molecular formula is C52H60N8O9S. The number of anilines is 3. The first kappa shape index (κ1) is 52.1. The van der Waals surface area contributed by atoms with Crippen LogP contribution in [0.2, 0.25) is 0 Å². The number of hydrogen-bond donors (Lipinski definition) is 3. The molecule has 2 atom stereocenters. The zero-order valence-corrected chi connectivity index (χ0v) is 40.5. The molecule has 0 saturated carbocycles. The molecule has 4 aromatic carbocycles. The van der Waals surface area contributed by atoms with E-state index in [0.29, 0.717) is 68.3 Å². The van der Waals surface area contributed by atoms with Crippen LogP contribution in [0.5, 0.6) is 0 Å². The Morgan fingerprint density at radius 3 is 2.23 bits per heavy atom. The van der Waals surface area contributed by atoms with Gasteiger partial charge in [0.25, 0.3) is 11.8 Å². The maximum absolute atomic E-state index is 13.6. The van der Waals surface area contributed by atoms with Crippen molar-refractivity contribution in [2.75, 3.05) is 88.8 Å². The standard InChI is InChI=1S/C52H60N8O9S/c1-37-33-40(14-15-41(37)34-60(36-63)48(39-9-5-4-6-10-39)50(66)56-52-55-22-32-70-52)38-16-18-43(19-17-38)58-23-25-59(26-24-58)46(64)20-28-68-30-31-69-29-21-54-44-12-7-11-42(35-62)47(44)51(67)57(3)45(13-8-27-61)49(65)53-2/h4-7,9-12,14-19,22,27,32-33,35-36,45,48,54H,8,13,20-21,23-26,28-31,34H2,1-3H3,(H,53,65)(H,55,56,66). The number of aldehydes is 2. The highest BCUT2D eigenvalue weighted by Gasteiger charge is 2.30. The van der Waals surface area contributed by atoms with Gasteiger partial charge in [0.15, 0.2) is 11.4 Å². The van der Waals surface area contributed by atoms with Crippen LogP contribution in [0.4, 0.5) is 16.5 Å². The zero-order valence-electron chi connectivity index (χ0n) is 39.7. The molecule has 368 valence electrons. The van der Waals surface area contributed by atoms with Crippen molar-refractivity contribution in [2.24, 2.45) is 0 Å². The molecule has 3 N–H and O–H groups in total. The van der Waals surface area contributed by atoms with E-state index in [2.05, 4.69) is 56.2 Å². The summed E-state index contributed by atoms with van der Waals surface area (Å²) < 4.78 is 11.4. The minimum atomic E-state index is -0.893. The van der Waals surface area contributed by atoms with Gasteiger partial charge in [-0.3, -0.25) is 34.1 Å². The van der Waals surface area contributed by atoms with Gasteiger partial charge in [-0.1, -0.05) is 72.8 Å². The van der Waals surface area contributed by atoms with Crippen molar-refractivity contribution in [3.63, 3.8) is 0 Å². The highest BCUT2D eigenvalue weighted by Crippen LogP contribution is 2.29. The van der Waals surface area contributed by atoms with Crippen molar-refractivity contribution >= 4 is 70.5 Å². The molecule has 0 spiro atoms. The lowest BCUT2D eigenvalue weighted by Gasteiger charge is -2.36. The Morgan fingerprint density at radius 1 is 0.843 bits per heavy atom. The van der Waals surface area contributed by atoms with Crippen LogP contribution in [0, 0.1) is 6.92 Å². The predicted octanol–water partition coefficient (Wildman–Crippen LogP) is 5.62. The summed E-state index contributed by atoms with van der Waals surface area (Å²) in [7, 11) is 2.92. The van der Waals surface area contributed by atoms with Gasteiger partial charge in [-0.15, -0.1) is 11.3 Å². The second-order valence-corrected chi connectivity index (χ2v) is 17.4. The van der Waals surface area contributed by atoms with Crippen LogP contribution < -0.4 is 20.9 Å².